The number of nitrogens with zero attached hydrogens (tertiary/aromatic N) is 5. The van der Waals surface area contributed by atoms with E-state index in [0.29, 0.717) is 17.9 Å². The third kappa shape index (κ3) is 2.57. The Labute approximate surface area is 133 Å². The molecule has 23 heavy (non-hydrogen) atoms. The highest BCUT2D eigenvalue weighted by Gasteiger charge is 2.13. The van der Waals surface area contributed by atoms with Gasteiger partial charge in [0, 0.05) is 12.0 Å². The summed E-state index contributed by atoms with van der Waals surface area (Å²) in [5.41, 5.74) is 3.77. The molecule has 0 saturated heterocycles. The average molecular weight is 301 g/mol. The van der Waals surface area contributed by atoms with Gasteiger partial charge in [-0.3, -0.25) is 0 Å². The van der Waals surface area contributed by atoms with Gasteiger partial charge in [-0.2, -0.15) is 4.52 Å². The molecule has 2 aromatic heterocycles. The zero-order valence-electron chi connectivity index (χ0n) is 12.7. The van der Waals surface area contributed by atoms with Gasteiger partial charge in [0.25, 0.3) is 0 Å². The molecule has 2 heterocycles. The minimum Gasteiger partial charge on any atom is -0.227 e. The van der Waals surface area contributed by atoms with Crippen LogP contribution in [0.5, 0.6) is 0 Å². The van der Waals surface area contributed by atoms with Crippen LogP contribution < -0.4 is 0 Å². The number of rotatable bonds is 3. The van der Waals surface area contributed by atoms with Crippen LogP contribution in [0.3, 0.4) is 0 Å². The van der Waals surface area contributed by atoms with Crippen molar-refractivity contribution in [2.24, 2.45) is 0 Å². The minimum atomic E-state index is 0.687. The molecule has 4 aromatic rings. The summed E-state index contributed by atoms with van der Waals surface area (Å²) < 4.78 is 1.77. The summed E-state index contributed by atoms with van der Waals surface area (Å²) in [5.74, 6) is 1.45. The van der Waals surface area contributed by atoms with Crippen molar-refractivity contribution in [3.8, 4) is 11.4 Å². The fraction of sp³-hybridized carbons (Fsp3) is 0.111. The van der Waals surface area contributed by atoms with E-state index < -0.39 is 0 Å². The lowest BCUT2D eigenvalue weighted by atomic mass is 10.1. The van der Waals surface area contributed by atoms with Gasteiger partial charge in [0.05, 0.1) is 5.69 Å². The summed E-state index contributed by atoms with van der Waals surface area (Å²) in [6.07, 6.45) is 0.699. The molecule has 0 saturated carbocycles. The van der Waals surface area contributed by atoms with Crippen molar-refractivity contribution < 1.29 is 0 Å². The van der Waals surface area contributed by atoms with E-state index in [4.69, 9.17) is 4.98 Å². The van der Waals surface area contributed by atoms with E-state index >= 15 is 0 Å². The normalized spacial score (nSPS) is 11.0. The molecule has 0 aliphatic rings. The van der Waals surface area contributed by atoms with E-state index in [2.05, 4.69) is 27.4 Å². The molecule has 0 spiro atoms. The molecule has 0 amide bonds. The van der Waals surface area contributed by atoms with Crippen LogP contribution in [0.2, 0.25) is 0 Å². The third-order valence-corrected chi connectivity index (χ3v) is 3.74. The monoisotopic (exact) mass is 301 g/mol. The molecular formula is C18H15N5. The van der Waals surface area contributed by atoms with Crippen molar-refractivity contribution in [3.05, 3.63) is 77.7 Å². The highest BCUT2D eigenvalue weighted by atomic mass is 15.4. The predicted molar refractivity (Wildman–Crippen MR) is 88.0 cm³/mol. The summed E-state index contributed by atoms with van der Waals surface area (Å²) in [6, 6.07) is 20.2. The van der Waals surface area contributed by atoms with Crippen molar-refractivity contribution in [1.82, 2.24) is 24.8 Å². The van der Waals surface area contributed by atoms with Crippen LogP contribution in [0.4, 0.5) is 0 Å². The van der Waals surface area contributed by atoms with Gasteiger partial charge < -0.3 is 0 Å². The van der Waals surface area contributed by atoms with Gasteiger partial charge in [-0.25, -0.2) is 4.98 Å². The third-order valence-electron chi connectivity index (χ3n) is 3.74. The molecule has 4 rings (SSSR count). The molecule has 5 nitrogen and oxygen atoms in total. The molecule has 112 valence electrons. The smallest absolute Gasteiger partial charge is 0.199 e. The molecule has 0 aliphatic heterocycles. The number of aryl methyl sites for hydroxylation is 1. The first kappa shape index (κ1) is 13.6. The Morgan fingerprint density at radius 1 is 0.870 bits per heavy atom. The Balaban J connectivity index is 1.88. The molecule has 0 N–H and O–H groups in total. The van der Waals surface area contributed by atoms with Crippen molar-refractivity contribution in [1.29, 1.82) is 0 Å². The molecule has 5 heteroatoms. The van der Waals surface area contributed by atoms with Crippen LogP contribution in [0.1, 0.15) is 17.1 Å². The van der Waals surface area contributed by atoms with Gasteiger partial charge >= 0.3 is 0 Å². The number of hydrogen-bond donors (Lipinski definition) is 0. The largest absolute Gasteiger partial charge is 0.227 e. The molecular weight excluding hydrogens is 286 g/mol. The second-order valence-corrected chi connectivity index (χ2v) is 5.39. The number of benzene rings is 2. The van der Waals surface area contributed by atoms with E-state index in [1.54, 1.807) is 4.52 Å². The first-order valence-electron chi connectivity index (χ1n) is 7.49. The molecule has 0 radical (unpaired) electrons. The van der Waals surface area contributed by atoms with Crippen LogP contribution in [-0.2, 0) is 6.42 Å². The standard InChI is InChI=1S/C18H15N5/c1-13-20-21-18-16(12-14-8-4-2-5-9-14)19-17(22-23(13)18)15-10-6-3-7-11-15/h2-11H,12H2,1H3. The summed E-state index contributed by atoms with van der Waals surface area (Å²) in [7, 11) is 0. The van der Waals surface area contributed by atoms with Gasteiger partial charge in [-0.05, 0) is 12.5 Å². The van der Waals surface area contributed by atoms with Gasteiger partial charge in [-0.15, -0.1) is 15.3 Å². The first-order valence-corrected chi connectivity index (χ1v) is 7.49. The van der Waals surface area contributed by atoms with Crippen molar-refractivity contribution in [2.75, 3.05) is 0 Å². The zero-order valence-corrected chi connectivity index (χ0v) is 12.7. The second kappa shape index (κ2) is 5.61. The average Bonchev–Trinajstić information content (AvgIpc) is 2.98. The minimum absolute atomic E-state index is 0.687. The van der Waals surface area contributed by atoms with Gasteiger partial charge in [0.2, 0.25) is 0 Å². The lowest BCUT2D eigenvalue weighted by Gasteiger charge is -2.07. The Morgan fingerprint density at radius 3 is 2.30 bits per heavy atom. The van der Waals surface area contributed by atoms with Crippen molar-refractivity contribution in [3.63, 3.8) is 0 Å². The Hall–Kier alpha value is -3.08. The van der Waals surface area contributed by atoms with Gasteiger partial charge in [-0.1, -0.05) is 60.7 Å². The van der Waals surface area contributed by atoms with Gasteiger partial charge in [0.15, 0.2) is 17.3 Å². The highest BCUT2D eigenvalue weighted by molar-refractivity contribution is 5.57. The number of fused-ring (bicyclic) bond motifs is 1. The SMILES string of the molecule is Cc1nnc2c(Cc3ccccc3)nc(-c3ccccc3)nn12. The maximum atomic E-state index is 4.75. The lowest BCUT2D eigenvalue weighted by molar-refractivity contribution is 0.841. The molecule has 0 fully saturated rings. The fourth-order valence-corrected chi connectivity index (χ4v) is 2.57. The molecule has 0 atom stereocenters. The summed E-state index contributed by atoms with van der Waals surface area (Å²) in [5, 5.41) is 13.0. The van der Waals surface area contributed by atoms with E-state index in [-0.39, 0.29) is 0 Å². The van der Waals surface area contributed by atoms with Crippen molar-refractivity contribution in [2.45, 2.75) is 13.3 Å². The topological polar surface area (TPSA) is 56.0 Å². The van der Waals surface area contributed by atoms with Crippen molar-refractivity contribution >= 4 is 5.65 Å². The summed E-state index contributed by atoms with van der Waals surface area (Å²) in [6.45, 7) is 1.90. The molecule has 0 unspecified atom stereocenters. The maximum absolute atomic E-state index is 4.75. The maximum Gasteiger partial charge on any atom is 0.199 e. The Kier molecular flexibility index (Phi) is 3.31. The Bertz CT molecular complexity index is 945. The Morgan fingerprint density at radius 2 is 1.57 bits per heavy atom. The number of hydrogen-bond acceptors (Lipinski definition) is 4. The summed E-state index contributed by atoms with van der Waals surface area (Å²) >= 11 is 0. The van der Waals surface area contributed by atoms with Gasteiger partial charge in [0.1, 0.15) is 0 Å². The highest BCUT2D eigenvalue weighted by Crippen LogP contribution is 2.18. The van der Waals surface area contributed by atoms with E-state index in [1.165, 1.54) is 5.56 Å². The lowest BCUT2D eigenvalue weighted by Crippen LogP contribution is -2.05. The summed E-state index contributed by atoms with van der Waals surface area (Å²) in [4.78, 5) is 4.75. The first-order chi connectivity index (χ1) is 11.3. The van der Waals surface area contributed by atoms with E-state index in [9.17, 15) is 0 Å². The van der Waals surface area contributed by atoms with Crippen LogP contribution in [0.25, 0.3) is 17.0 Å². The van der Waals surface area contributed by atoms with E-state index in [1.807, 2.05) is 55.5 Å². The van der Waals surface area contributed by atoms with Crippen LogP contribution >= 0.6 is 0 Å². The van der Waals surface area contributed by atoms with Crippen LogP contribution in [0, 0.1) is 6.92 Å². The molecule has 0 bridgehead atoms. The van der Waals surface area contributed by atoms with E-state index in [0.717, 1.165) is 17.1 Å². The second-order valence-electron chi connectivity index (χ2n) is 5.39. The molecule has 2 aromatic carbocycles. The molecule has 0 aliphatic carbocycles. The predicted octanol–water partition coefficient (Wildman–Crippen LogP) is 3.09. The quantitative estimate of drug-likeness (QED) is 0.583. The van der Waals surface area contributed by atoms with Crippen LogP contribution in [-0.4, -0.2) is 24.8 Å². The van der Waals surface area contributed by atoms with Crippen LogP contribution in [0.15, 0.2) is 60.7 Å². The number of aromatic nitrogens is 5. The fourth-order valence-electron chi connectivity index (χ4n) is 2.57. The zero-order chi connectivity index (χ0) is 15.6.